The summed E-state index contributed by atoms with van der Waals surface area (Å²) in [5.74, 6) is 1.35. The lowest BCUT2D eigenvalue weighted by Crippen LogP contribution is -2.22. The van der Waals surface area contributed by atoms with Crippen molar-refractivity contribution in [3.8, 4) is 5.75 Å². The van der Waals surface area contributed by atoms with Crippen LogP contribution in [0.4, 0.5) is 5.69 Å². The molecule has 3 N–H and O–H groups in total. The van der Waals surface area contributed by atoms with E-state index in [0.717, 1.165) is 24.3 Å². The molecule has 116 valence electrons. The molecule has 0 aliphatic rings. The van der Waals surface area contributed by atoms with Gasteiger partial charge in [-0.1, -0.05) is 24.3 Å². The Hall–Kier alpha value is -2.49. The topological polar surface area (TPSA) is 59.6 Å². The van der Waals surface area contributed by atoms with Crippen LogP contribution in [-0.4, -0.2) is 19.6 Å². The number of anilines is 1. The molecular formula is C18H23N3O. The Bertz CT molecular complexity index is 638. The van der Waals surface area contributed by atoms with Gasteiger partial charge in [0, 0.05) is 12.2 Å². The zero-order valence-corrected chi connectivity index (χ0v) is 13.2. The molecule has 0 aliphatic heterocycles. The van der Waals surface area contributed by atoms with Crippen LogP contribution in [0.3, 0.4) is 0 Å². The predicted octanol–water partition coefficient (Wildman–Crippen LogP) is 3.36. The SMILES string of the molecule is COc1cccc(CCCN=C(N)Nc2cccc(C)c2)c1. The zero-order valence-electron chi connectivity index (χ0n) is 13.2. The highest BCUT2D eigenvalue weighted by Gasteiger charge is 1.97. The van der Waals surface area contributed by atoms with Crippen molar-refractivity contribution in [2.75, 3.05) is 19.0 Å². The van der Waals surface area contributed by atoms with Gasteiger partial charge in [-0.3, -0.25) is 4.99 Å². The Balaban J connectivity index is 1.79. The van der Waals surface area contributed by atoms with Crippen LogP contribution in [0.25, 0.3) is 0 Å². The van der Waals surface area contributed by atoms with Gasteiger partial charge in [-0.15, -0.1) is 0 Å². The molecule has 4 nitrogen and oxygen atoms in total. The molecule has 0 amide bonds. The molecule has 0 saturated carbocycles. The van der Waals surface area contributed by atoms with E-state index < -0.39 is 0 Å². The minimum absolute atomic E-state index is 0.455. The molecule has 0 radical (unpaired) electrons. The van der Waals surface area contributed by atoms with Crippen LogP contribution < -0.4 is 15.8 Å². The molecule has 0 spiro atoms. The Morgan fingerprint density at radius 2 is 2.00 bits per heavy atom. The van der Waals surface area contributed by atoms with Crippen LogP contribution >= 0.6 is 0 Å². The van der Waals surface area contributed by atoms with Crippen molar-refractivity contribution in [1.29, 1.82) is 0 Å². The fourth-order valence-corrected chi connectivity index (χ4v) is 2.22. The number of hydrogen-bond acceptors (Lipinski definition) is 2. The Morgan fingerprint density at radius 1 is 1.18 bits per heavy atom. The maximum Gasteiger partial charge on any atom is 0.193 e. The number of hydrogen-bond donors (Lipinski definition) is 2. The van der Waals surface area contributed by atoms with Crippen molar-refractivity contribution in [2.45, 2.75) is 19.8 Å². The molecule has 22 heavy (non-hydrogen) atoms. The third-order valence-corrected chi connectivity index (χ3v) is 3.33. The number of nitrogens with zero attached hydrogens (tertiary/aromatic N) is 1. The fraction of sp³-hybridized carbons (Fsp3) is 0.278. The normalized spacial score (nSPS) is 11.3. The molecule has 0 aromatic heterocycles. The Kier molecular flexibility index (Phi) is 5.83. The quantitative estimate of drug-likeness (QED) is 0.488. The standard InChI is InChI=1S/C18H23N3O/c1-14-6-3-9-16(12-14)21-18(19)20-11-5-8-15-7-4-10-17(13-15)22-2/h3-4,6-7,9-10,12-13H,5,8,11H2,1-2H3,(H3,19,20,21). The minimum atomic E-state index is 0.455. The van der Waals surface area contributed by atoms with E-state index >= 15 is 0 Å². The lowest BCUT2D eigenvalue weighted by atomic mass is 10.1. The van der Waals surface area contributed by atoms with E-state index in [9.17, 15) is 0 Å². The van der Waals surface area contributed by atoms with E-state index in [4.69, 9.17) is 10.5 Å². The smallest absolute Gasteiger partial charge is 0.193 e. The van der Waals surface area contributed by atoms with E-state index in [-0.39, 0.29) is 0 Å². The molecule has 0 unspecified atom stereocenters. The van der Waals surface area contributed by atoms with Gasteiger partial charge in [0.1, 0.15) is 5.75 Å². The van der Waals surface area contributed by atoms with Crippen LogP contribution in [0.15, 0.2) is 53.5 Å². The number of ether oxygens (including phenoxy) is 1. The average molecular weight is 297 g/mol. The van der Waals surface area contributed by atoms with E-state index in [2.05, 4.69) is 22.4 Å². The van der Waals surface area contributed by atoms with Gasteiger partial charge in [-0.2, -0.15) is 0 Å². The molecule has 0 atom stereocenters. The maximum absolute atomic E-state index is 5.90. The van der Waals surface area contributed by atoms with Crippen molar-refractivity contribution in [3.05, 3.63) is 59.7 Å². The first-order valence-corrected chi connectivity index (χ1v) is 7.44. The molecule has 0 saturated heterocycles. The van der Waals surface area contributed by atoms with Crippen molar-refractivity contribution >= 4 is 11.6 Å². The maximum atomic E-state index is 5.90. The molecule has 4 heteroatoms. The van der Waals surface area contributed by atoms with Gasteiger partial charge in [0.05, 0.1) is 7.11 Å². The third-order valence-electron chi connectivity index (χ3n) is 3.33. The summed E-state index contributed by atoms with van der Waals surface area (Å²) < 4.78 is 5.22. The van der Waals surface area contributed by atoms with Crippen molar-refractivity contribution in [3.63, 3.8) is 0 Å². The molecule has 0 aliphatic carbocycles. The molecule has 0 heterocycles. The number of nitrogens with two attached hydrogens (primary N) is 1. The average Bonchev–Trinajstić information content (AvgIpc) is 2.52. The molecule has 0 fully saturated rings. The highest BCUT2D eigenvalue weighted by molar-refractivity contribution is 5.92. The summed E-state index contributed by atoms with van der Waals surface area (Å²) in [5.41, 5.74) is 9.31. The van der Waals surface area contributed by atoms with Gasteiger partial charge in [0.2, 0.25) is 0 Å². The highest BCUT2D eigenvalue weighted by atomic mass is 16.5. The summed E-state index contributed by atoms with van der Waals surface area (Å²) in [6.07, 6.45) is 1.90. The summed E-state index contributed by atoms with van der Waals surface area (Å²) in [4.78, 5) is 4.36. The second-order valence-corrected chi connectivity index (χ2v) is 5.22. The summed E-state index contributed by atoms with van der Waals surface area (Å²) in [6.45, 7) is 2.74. The van der Waals surface area contributed by atoms with Gasteiger partial charge in [0.25, 0.3) is 0 Å². The summed E-state index contributed by atoms with van der Waals surface area (Å²) in [7, 11) is 1.68. The lowest BCUT2D eigenvalue weighted by molar-refractivity contribution is 0.414. The van der Waals surface area contributed by atoms with Crippen LogP contribution in [0.5, 0.6) is 5.75 Å². The number of aryl methyl sites for hydroxylation is 2. The Labute approximate surface area is 132 Å². The Morgan fingerprint density at radius 3 is 2.77 bits per heavy atom. The minimum Gasteiger partial charge on any atom is -0.497 e. The second-order valence-electron chi connectivity index (χ2n) is 5.22. The van der Waals surface area contributed by atoms with Gasteiger partial charge < -0.3 is 15.8 Å². The van der Waals surface area contributed by atoms with Crippen LogP contribution in [0.1, 0.15) is 17.5 Å². The molecule has 2 rings (SSSR count). The van der Waals surface area contributed by atoms with Crippen LogP contribution in [0, 0.1) is 6.92 Å². The number of aliphatic imine (C=N–C) groups is 1. The van der Waals surface area contributed by atoms with Gasteiger partial charge >= 0.3 is 0 Å². The number of guanidine groups is 1. The molecule has 2 aromatic carbocycles. The summed E-state index contributed by atoms with van der Waals surface area (Å²) in [6, 6.07) is 16.2. The molecule has 2 aromatic rings. The van der Waals surface area contributed by atoms with E-state index in [1.165, 1.54) is 11.1 Å². The summed E-state index contributed by atoms with van der Waals surface area (Å²) >= 11 is 0. The monoisotopic (exact) mass is 297 g/mol. The number of nitrogens with one attached hydrogen (secondary N) is 1. The van der Waals surface area contributed by atoms with Crippen molar-refractivity contribution in [1.82, 2.24) is 0 Å². The van der Waals surface area contributed by atoms with E-state index in [0.29, 0.717) is 12.5 Å². The van der Waals surface area contributed by atoms with E-state index in [1.807, 2.05) is 43.3 Å². The van der Waals surface area contributed by atoms with Crippen LogP contribution in [-0.2, 0) is 6.42 Å². The van der Waals surface area contributed by atoms with Crippen LogP contribution in [0.2, 0.25) is 0 Å². The van der Waals surface area contributed by atoms with Gasteiger partial charge in [0.15, 0.2) is 5.96 Å². The van der Waals surface area contributed by atoms with Gasteiger partial charge in [-0.25, -0.2) is 0 Å². The van der Waals surface area contributed by atoms with E-state index in [1.54, 1.807) is 7.11 Å². The predicted molar refractivity (Wildman–Crippen MR) is 92.6 cm³/mol. The second kappa shape index (κ2) is 8.08. The van der Waals surface area contributed by atoms with Crippen molar-refractivity contribution < 1.29 is 4.74 Å². The largest absolute Gasteiger partial charge is 0.497 e. The third kappa shape index (κ3) is 5.13. The number of rotatable bonds is 6. The summed E-state index contributed by atoms with van der Waals surface area (Å²) in [5, 5.41) is 3.11. The zero-order chi connectivity index (χ0) is 15.8. The number of benzene rings is 2. The number of methoxy groups -OCH3 is 1. The molecule has 0 bridgehead atoms. The highest BCUT2D eigenvalue weighted by Crippen LogP contribution is 2.14. The molecular weight excluding hydrogens is 274 g/mol. The fourth-order valence-electron chi connectivity index (χ4n) is 2.22. The lowest BCUT2D eigenvalue weighted by Gasteiger charge is -2.06. The van der Waals surface area contributed by atoms with Gasteiger partial charge in [-0.05, 0) is 55.2 Å². The first-order chi connectivity index (χ1) is 10.7. The first kappa shape index (κ1) is 15.9. The first-order valence-electron chi connectivity index (χ1n) is 7.44. The van der Waals surface area contributed by atoms with Crippen molar-refractivity contribution in [2.24, 2.45) is 10.7 Å².